The summed E-state index contributed by atoms with van der Waals surface area (Å²) in [6, 6.07) is 69.4. The molecule has 0 aliphatic rings. The van der Waals surface area contributed by atoms with Gasteiger partial charge in [0.05, 0.1) is 5.69 Å². The maximum absolute atomic E-state index is 4.87. The van der Waals surface area contributed by atoms with Crippen molar-refractivity contribution in [3.63, 3.8) is 0 Å². The molecule has 0 N–H and O–H groups in total. The molecule has 4 nitrogen and oxygen atoms in total. The van der Waals surface area contributed by atoms with Gasteiger partial charge in [-0.15, -0.1) is 0 Å². The molecule has 0 aliphatic carbocycles. The van der Waals surface area contributed by atoms with Gasteiger partial charge < -0.3 is 0 Å². The Bertz CT molecular complexity index is 3320. The molecule has 0 bridgehead atoms. The fraction of sp³-hybridized carbons (Fsp3) is 0. The van der Waals surface area contributed by atoms with Crippen LogP contribution in [0.5, 0.6) is 0 Å². The summed E-state index contributed by atoms with van der Waals surface area (Å²) in [4.78, 5) is 18.4. The number of benzene rings is 9. The van der Waals surface area contributed by atoms with Crippen molar-refractivity contribution < 1.29 is 0 Å². The molecule has 11 aromatic rings. The first-order chi connectivity index (χ1) is 28.7. The maximum Gasteiger partial charge on any atom is 0.163 e. The van der Waals surface area contributed by atoms with E-state index in [0.29, 0.717) is 11.6 Å². The molecule has 0 amide bonds. The first-order valence-corrected chi connectivity index (χ1v) is 19.5. The Hall–Kier alpha value is -7.82. The Morgan fingerprint density at radius 2 is 0.741 bits per heavy atom. The van der Waals surface area contributed by atoms with Gasteiger partial charge in [0.1, 0.15) is 6.33 Å². The number of hydrogen-bond acceptors (Lipinski definition) is 4. The van der Waals surface area contributed by atoms with Crippen LogP contribution in [0.25, 0.3) is 111 Å². The van der Waals surface area contributed by atoms with E-state index in [0.717, 1.165) is 33.5 Å². The lowest BCUT2D eigenvalue weighted by Gasteiger charge is -2.19. The first-order valence-electron chi connectivity index (χ1n) is 19.5. The highest BCUT2D eigenvalue weighted by atomic mass is 15.0. The molecule has 11 rings (SSSR count). The standard InChI is InChI=1S/C54H34N4/c1-3-11-41-31-44(26-18-35(41)9-1)51-46-13-5-6-14-47(46)52(45-27-19-36-10-2-4-12-42(36)32-45)49-33-43(28-29-48(49)51)37-16-22-39(23-17-37)53-56-34-57-54(58-53)40-24-20-38(21-25-40)50-15-7-8-30-55-50/h1-34H. The lowest BCUT2D eigenvalue weighted by molar-refractivity contribution is 1.07. The zero-order valence-corrected chi connectivity index (χ0v) is 31.4. The van der Waals surface area contributed by atoms with Crippen LogP contribution in [-0.2, 0) is 0 Å². The van der Waals surface area contributed by atoms with E-state index in [1.165, 1.54) is 65.3 Å². The molecule has 9 aromatic carbocycles. The number of hydrogen-bond donors (Lipinski definition) is 0. The molecule has 58 heavy (non-hydrogen) atoms. The van der Waals surface area contributed by atoms with Gasteiger partial charge in [-0.2, -0.15) is 0 Å². The fourth-order valence-corrected chi connectivity index (χ4v) is 8.38. The molecule has 0 saturated heterocycles. The van der Waals surface area contributed by atoms with Crippen LogP contribution in [0.4, 0.5) is 0 Å². The van der Waals surface area contributed by atoms with E-state index in [-0.39, 0.29) is 0 Å². The van der Waals surface area contributed by atoms with Crippen LogP contribution < -0.4 is 0 Å². The smallest absolute Gasteiger partial charge is 0.163 e. The number of aromatic nitrogens is 4. The molecular formula is C54H34N4. The third-order valence-corrected chi connectivity index (χ3v) is 11.3. The maximum atomic E-state index is 4.87. The second-order valence-electron chi connectivity index (χ2n) is 14.7. The average molecular weight is 739 g/mol. The Morgan fingerprint density at radius 3 is 1.33 bits per heavy atom. The lowest BCUT2D eigenvalue weighted by Crippen LogP contribution is -1.95. The lowest BCUT2D eigenvalue weighted by atomic mass is 9.84. The quantitative estimate of drug-likeness (QED) is 0.159. The molecular weight excluding hydrogens is 705 g/mol. The molecule has 2 aromatic heterocycles. The van der Waals surface area contributed by atoms with Crippen molar-refractivity contribution >= 4 is 43.1 Å². The Balaban J connectivity index is 1.03. The van der Waals surface area contributed by atoms with E-state index >= 15 is 0 Å². The largest absolute Gasteiger partial charge is 0.256 e. The molecule has 0 spiro atoms. The van der Waals surface area contributed by atoms with Crippen LogP contribution >= 0.6 is 0 Å². The molecule has 270 valence electrons. The van der Waals surface area contributed by atoms with E-state index in [1.54, 1.807) is 12.5 Å². The summed E-state index contributed by atoms with van der Waals surface area (Å²) in [5, 5.41) is 9.85. The van der Waals surface area contributed by atoms with Crippen LogP contribution in [0.2, 0.25) is 0 Å². The van der Waals surface area contributed by atoms with Crippen molar-refractivity contribution in [1.82, 2.24) is 19.9 Å². The van der Waals surface area contributed by atoms with Crippen molar-refractivity contribution in [2.45, 2.75) is 0 Å². The predicted molar refractivity (Wildman–Crippen MR) is 240 cm³/mol. The zero-order valence-electron chi connectivity index (χ0n) is 31.4. The Morgan fingerprint density at radius 1 is 0.276 bits per heavy atom. The molecule has 0 fully saturated rings. The van der Waals surface area contributed by atoms with Gasteiger partial charge in [0, 0.05) is 22.9 Å². The van der Waals surface area contributed by atoms with Gasteiger partial charge in [-0.1, -0.05) is 164 Å². The summed E-state index contributed by atoms with van der Waals surface area (Å²) in [6.07, 6.45) is 3.40. The second kappa shape index (κ2) is 14.0. The van der Waals surface area contributed by atoms with Crippen LogP contribution in [0, 0.1) is 0 Å². The van der Waals surface area contributed by atoms with E-state index < -0.39 is 0 Å². The van der Waals surface area contributed by atoms with E-state index in [4.69, 9.17) is 4.98 Å². The third kappa shape index (κ3) is 5.96. The summed E-state index contributed by atoms with van der Waals surface area (Å²) < 4.78 is 0. The van der Waals surface area contributed by atoms with Crippen LogP contribution in [0.3, 0.4) is 0 Å². The van der Waals surface area contributed by atoms with Crippen molar-refractivity contribution in [2.75, 3.05) is 0 Å². The minimum atomic E-state index is 0.631. The molecule has 0 unspecified atom stereocenters. The Labute approximate surface area is 335 Å². The molecule has 2 heterocycles. The summed E-state index contributed by atoms with van der Waals surface area (Å²) in [7, 11) is 0. The molecule has 0 aliphatic heterocycles. The van der Waals surface area contributed by atoms with Gasteiger partial charge in [0.2, 0.25) is 0 Å². The van der Waals surface area contributed by atoms with Crippen molar-refractivity contribution in [3.05, 3.63) is 207 Å². The number of nitrogens with zero attached hydrogens (tertiary/aromatic N) is 4. The highest BCUT2D eigenvalue weighted by molar-refractivity contribution is 6.22. The average Bonchev–Trinajstić information content (AvgIpc) is 3.30. The van der Waals surface area contributed by atoms with E-state index in [1.807, 2.05) is 30.3 Å². The molecule has 0 saturated carbocycles. The van der Waals surface area contributed by atoms with Gasteiger partial charge in [0.25, 0.3) is 0 Å². The topological polar surface area (TPSA) is 51.6 Å². The second-order valence-corrected chi connectivity index (χ2v) is 14.7. The van der Waals surface area contributed by atoms with Crippen LogP contribution in [-0.4, -0.2) is 19.9 Å². The highest BCUT2D eigenvalue weighted by Crippen LogP contribution is 2.46. The van der Waals surface area contributed by atoms with Crippen molar-refractivity contribution in [2.24, 2.45) is 0 Å². The van der Waals surface area contributed by atoms with Crippen LogP contribution in [0.15, 0.2) is 207 Å². The van der Waals surface area contributed by atoms with Gasteiger partial charge in [0.15, 0.2) is 11.6 Å². The van der Waals surface area contributed by atoms with Gasteiger partial charge in [-0.3, -0.25) is 4.98 Å². The summed E-state index contributed by atoms with van der Waals surface area (Å²) in [6.45, 7) is 0. The summed E-state index contributed by atoms with van der Waals surface area (Å²) in [5.41, 5.74) is 11.0. The number of fused-ring (bicyclic) bond motifs is 4. The third-order valence-electron chi connectivity index (χ3n) is 11.3. The zero-order chi connectivity index (χ0) is 38.4. The normalized spacial score (nSPS) is 11.4. The van der Waals surface area contributed by atoms with Crippen molar-refractivity contribution in [3.8, 4) is 67.4 Å². The molecule has 0 atom stereocenters. The number of rotatable bonds is 6. The summed E-state index contributed by atoms with van der Waals surface area (Å²) in [5.74, 6) is 1.26. The van der Waals surface area contributed by atoms with Crippen molar-refractivity contribution in [1.29, 1.82) is 0 Å². The molecule has 0 radical (unpaired) electrons. The fourth-order valence-electron chi connectivity index (χ4n) is 8.38. The Kier molecular flexibility index (Phi) is 8.11. The SMILES string of the molecule is c1ccc(-c2ccc(-c3ncnc(-c4ccc(-c5ccc6c(-c7ccc8ccccc8c7)c7ccccc7c(-c7ccc8ccccc8c7)c6c5)cc4)n3)cc2)nc1. The summed E-state index contributed by atoms with van der Waals surface area (Å²) >= 11 is 0. The monoisotopic (exact) mass is 738 g/mol. The van der Waals surface area contributed by atoms with E-state index in [9.17, 15) is 0 Å². The molecule has 4 heteroatoms. The van der Waals surface area contributed by atoms with Gasteiger partial charge in [-0.05, 0) is 107 Å². The van der Waals surface area contributed by atoms with Crippen LogP contribution in [0.1, 0.15) is 0 Å². The van der Waals surface area contributed by atoms with Gasteiger partial charge >= 0.3 is 0 Å². The minimum Gasteiger partial charge on any atom is -0.256 e. The van der Waals surface area contributed by atoms with E-state index in [2.05, 4.69) is 179 Å². The highest BCUT2D eigenvalue weighted by Gasteiger charge is 2.18. The number of pyridine rings is 1. The predicted octanol–water partition coefficient (Wildman–Crippen LogP) is 13.9. The van der Waals surface area contributed by atoms with Gasteiger partial charge in [-0.25, -0.2) is 15.0 Å². The first kappa shape index (κ1) is 33.5. The minimum absolute atomic E-state index is 0.631.